The highest BCUT2D eigenvalue weighted by molar-refractivity contribution is 7.98. The van der Waals surface area contributed by atoms with Crippen molar-refractivity contribution in [2.75, 3.05) is 11.6 Å². The molecule has 1 aromatic carbocycles. The number of nitrogens with zero attached hydrogens (tertiary/aromatic N) is 3. The van der Waals surface area contributed by atoms with Crippen molar-refractivity contribution in [1.82, 2.24) is 15.2 Å². The number of fused-ring (bicyclic) bond motifs is 3. The van der Waals surface area contributed by atoms with E-state index in [1.54, 1.807) is 11.3 Å². The Labute approximate surface area is 142 Å². The zero-order chi connectivity index (χ0) is 15.8. The van der Waals surface area contributed by atoms with Crippen molar-refractivity contribution in [1.29, 1.82) is 0 Å². The fraction of sp³-hybridized carbons (Fsp3) is 0.188. The highest BCUT2D eigenvalue weighted by Crippen LogP contribution is 2.40. The summed E-state index contributed by atoms with van der Waals surface area (Å²) in [6.07, 6.45) is 1.64. The highest BCUT2D eigenvalue weighted by Gasteiger charge is 2.26. The van der Waals surface area contributed by atoms with E-state index >= 15 is 0 Å². The third-order valence-corrected chi connectivity index (χ3v) is 5.02. The SMILES string of the molecule is CSc1nnc2c(n1)OC(c1cccs1)Nc1ccc(C)cc1-2. The maximum atomic E-state index is 6.14. The van der Waals surface area contributed by atoms with Gasteiger partial charge < -0.3 is 10.1 Å². The Morgan fingerprint density at radius 1 is 1.26 bits per heavy atom. The monoisotopic (exact) mass is 342 g/mol. The van der Waals surface area contributed by atoms with Gasteiger partial charge in [-0.1, -0.05) is 29.5 Å². The molecule has 0 aliphatic carbocycles. The van der Waals surface area contributed by atoms with Gasteiger partial charge in [-0.15, -0.1) is 21.5 Å². The average molecular weight is 342 g/mol. The van der Waals surface area contributed by atoms with Crippen molar-refractivity contribution < 1.29 is 4.74 Å². The van der Waals surface area contributed by atoms with Crippen LogP contribution in [0.3, 0.4) is 0 Å². The summed E-state index contributed by atoms with van der Waals surface area (Å²) in [6.45, 7) is 2.06. The highest BCUT2D eigenvalue weighted by atomic mass is 32.2. The molecule has 0 spiro atoms. The van der Waals surface area contributed by atoms with Crippen LogP contribution in [0.15, 0.2) is 40.9 Å². The van der Waals surface area contributed by atoms with Gasteiger partial charge in [0, 0.05) is 11.3 Å². The van der Waals surface area contributed by atoms with Crippen LogP contribution in [0.2, 0.25) is 0 Å². The van der Waals surface area contributed by atoms with Gasteiger partial charge in [-0.25, -0.2) is 0 Å². The Morgan fingerprint density at radius 2 is 2.17 bits per heavy atom. The molecule has 0 amide bonds. The van der Waals surface area contributed by atoms with Crippen LogP contribution in [0.1, 0.15) is 16.7 Å². The summed E-state index contributed by atoms with van der Waals surface area (Å²) in [6, 6.07) is 10.3. The third kappa shape index (κ3) is 2.66. The lowest BCUT2D eigenvalue weighted by Gasteiger charge is -2.17. The fourth-order valence-corrected chi connectivity index (χ4v) is 3.47. The number of aryl methyl sites for hydroxylation is 1. The molecular formula is C16H14N4OS2. The molecule has 2 aromatic heterocycles. The van der Waals surface area contributed by atoms with Crippen LogP contribution in [0.5, 0.6) is 5.88 Å². The molecule has 7 heteroatoms. The Hall–Kier alpha value is -2.12. The molecule has 1 N–H and O–H groups in total. The zero-order valence-corrected chi connectivity index (χ0v) is 14.2. The van der Waals surface area contributed by atoms with Crippen molar-refractivity contribution >= 4 is 28.8 Å². The number of nitrogens with one attached hydrogen (secondary N) is 1. The maximum absolute atomic E-state index is 6.14. The van der Waals surface area contributed by atoms with Gasteiger partial charge in [0.05, 0.1) is 4.88 Å². The second kappa shape index (κ2) is 5.82. The number of anilines is 1. The topological polar surface area (TPSA) is 59.9 Å². The van der Waals surface area contributed by atoms with Crippen LogP contribution in [0, 0.1) is 6.92 Å². The molecule has 4 rings (SSSR count). The van der Waals surface area contributed by atoms with Crippen LogP contribution in [0.4, 0.5) is 5.69 Å². The van der Waals surface area contributed by atoms with Crippen LogP contribution in [0.25, 0.3) is 11.3 Å². The van der Waals surface area contributed by atoms with E-state index in [0.717, 1.165) is 21.7 Å². The molecule has 1 aliphatic heterocycles. The summed E-state index contributed by atoms with van der Waals surface area (Å²) in [4.78, 5) is 5.60. The number of aromatic nitrogens is 3. The van der Waals surface area contributed by atoms with Gasteiger partial charge in [-0.05, 0) is 36.8 Å². The van der Waals surface area contributed by atoms with E-state index in [1.807, 2.05) is 29.8 Å². The van der Waals surface area contributed by atoms with Crippen molar-refractivity contribution in [3.05, 3.63) is 46.2 Å². The smallest absolute Gasteiger partial charge is 0.247 e. The van der Waals surface area contributed by atoms with Gasteiger partial charge in [0.2, 0.25) is 17.3 Å². The van der Waals surface area contributed by atoms with Gasteiger partial charge in [-0.3, -0.25) is 0 Å². The number of ether oxygens (including phenoxy) is 1. The molecule has 1 unspecified atom stereocenters. The van der Waals surface area contributed by atoms with E-state index in [9.17, 15) is 0 Å². The van der Waals surface area contributed by atoms with Gasteiger partial charge in [0.1, 0.15) is 0 Å². The first-order valence-corrected chi connectivity index (χ1v) is 9.21. The molecule has 3 aromatic rings. The Balaban J connectivity index is 1.90. The van der Waals surface area contributed by atoms with Crippen LogP contribution >= 0.6 is 23.1 Å². The van der Waals surface area contributed by atoms with Crippen LogP contribution < -0.4 is 10.1 Å². The van der Waals surface area contributed by atoms with Gasteiger partial charge in [0.15, 0.2) is 5.69 Å². The lowest BCUT2D eigenvalue weighted by molar-refractivity contribution is 0.229. The fourth-order valence-electron chi connectivity index (χ4n) is 2.47. The minimum atomic E-state index is -0.288. The molecule has 1 atom stereocenters. The number of hydrogen-bond acceptors (Lipinski definition) is 7. The van der Waals surface area contributed by atoms with Crippen molar-refractivity contribution in [2.45, 2.75) is 18.3 Å². The van der Waals surface area contributed by atoms with Gasteiger partial charge in [-0.2, -0.15) is 4.98 Å². The summed E-state index contributed by atoms with van der Waals surface area (Å²) >= 11 is 3.09. The molecule has 0 radical (unpaired) electrons. The van der Waals surface area contributed by atoms with Crippen molar-refractivity contribution in [3.8, 4) is 17.1 Å². The van der Waals surface area contributed by atoms with Gasteiger partial charge in [0.25, 0.3) is 0 Å². The third-order valence-electron chi connectivity index (χ3n) is 3.57. The lowest BCUT2D eigenvalue weighted by Crippen LogP contribution is -2.15. The Morgan fingerprint density at radius 3 is 2.96 bits per heavy atom. The number of thiophene rings is 1. The molecule has 23 heavy (non-hydrogen) atoms. The minimum Gasteiger partial charge on any atom is -0.447 e. The average Bonchev–Trinajstić information content (AvgIpc) is 3.05. The van der Waals surface area contributed by atoms with E-state index < -0.39 is 0 Å². The van der Waals surface area contributed by atoms with E-state index in [0.29, 0.717) is 16.7 Å². The maximum Gasteiger partial charge on any atom is 0.247 e. The summed E-state index contributed by atoms with van der Waals surface area (Å²) in [5.74, 6) is 0.514. The number of hydrogen-bond donors (Lipinski definition) is 1. The predicted molar refractivity (Wildman–Crippen MR) is 93.1 cm³/mol. The second-order valence-electron chi connectivity index (χ2n) is 5.16. The number of rotatable bonds is 2. The summed E-state index contributed by atoms with van der Waals surface area (Å²) in [5, 5.41) is 14.6. The molecule has 1 aliphatic rings. The molecule has 0 bridgehead atoms. The molecule has 0 fully saturated rings. The molecule has 0 saturated carbocycles. The van der Waals surface area contributed by atoms with Crippen LogP contribution in [-0.2, 0) is 0 Å². The number of benzene rings is 1. The normalized spacial score (nSPS) is 15.8. The minimum absolute atomic E-state index is 0.288. The first kappa shape index (κ1) is 14.5. The largest absolute Gasteiger partial charge is 0.447 e. The first-order chi connectivity index (χ1) is 11.2. The molecule has 0 saturated heterocycles. The van der Waals surface area contributed by atoms with Crippen LogP contribution in [-0.4, -0.2) is 21.4 Å². The van der Waals surface area contributed by atoms with E-state index in [-0.39, 0.29) is 6.23 Å². The summed E-state index contributed by atoms with van der Waals surface area (Å²) in [5.41, 5.74) is 3.77. The lowest BCUT2D eigenvalue weighted by atomic mass is 10.1. The zero-order valence-electron chi connectivity index (χ0n) is 12.6. The summed E-state index contributed by atoms with van der Waals surface area (Å²) < 4.78 is 6.14. The quantitative estimate of drug-likeness (QED) is 0.707. The second-order valence-corrected chi connectivity index (χ2v) is 6.91. The predicted octanol–water partition coefficient (Wildman–Crippen LogP) is 4.13. The molecular weight excluding hydrogens is 328 g/mol. The van der Waals surface area contributed by atoms with E-state index in [1.165, 1.54) is 11.8 Å². The first-order valence-electron chi connectivity index (χ1n) is 7.11. The molecule has 3 heterocycles. The van der Waals surface area contributed by atoms with Crippen molar-refractivity contribution in [2.24, 2.45) is 0 Å². The standard InChI is InChI=1S/C16H14N4OS2/c1-9-5-6-11-10(8-9)13-15(18-16(22-2)20-19-13)21-14(17-11)12-4-3-7-23-12/h3-8,14,17H,1-2H3. The molecule has 116 valence electrons. The van der Waals surface area contributed by atoms with Crippen molar-refractivity contribution in [3.63, 3.8) is 0 Å². The van der Waals surface area contributed by atoms with E-state index in [4.69, 9.17) is 4.74 Å². The molecule has 5 nitrogen and oxygen atoms in total. The van der Waals surface area contributed by atoms with E-state index in [2.05, 4.69) is 39.6 Å². The number of thioether (sulfide) groups is 1. The Bertz CT molecular complexity index is 851. The van der Waals surface area contributed by atoms with Gasteiger partial charge >= 0.3 is 0 Å². The Kier molecular flexibility index (Phi) is 3.66. The summed E-state index contributed by atoms with van der Waals surface area (Å²) in [7, 11) is 0.